The SMILES string of the molecule is O=C(Nc1ccc(Cl)cc1C(=O)Nc1ccc(Cl)cn1)c1ccc(C2(CNC3CCC3)CC2)cc1. The lowest BCUT2D eigenvalue weighted by atomic mass is 9.90. The molecular weight excluding hydrogens is 483 g/mol. The Kier molecular flexibility index (Phi) is 6.78. The molecule has 2 aromatic carbocycles. The van der Waals surface area contributed by atoms with Crippen LogP contribution >= 0.6 is 23.2 Å². The largest absolute Gasteiger partial charge is 0.321 e. The molecule has 0 radical (unpaired) electrons. The van der Waals surface area contributed by atoms with Crippen molar-refractivity contribution in [1.82, 2.24) is 10.3 Å². The summed E-state index contributed by atoms with van der Waals surface area (Å²) in [5, 5.41) is 10.1. The van der Waals surface area contributed by atoms with E-state index in [9.17, 15) is 9.59 Å². The van der Waals surface area contributed by atoms with Crippen LogP contribution in [0.25, 0.3) is 0 Å². The number of carbonyl (C=O) groups excluding carboxylic acids is 2. The Morgan fingerprint density at radius 3 is 2.29 bits per heavy atom. The van der Waals surface area contributed by atoms with Gasteiger partial charge in [-0.2, -0.15) is 0 Å². The zero-order valence-corrected chi connectivity index (χ0v) is 20.6. The van der Waals surface area contributed by atoms with Crippen molar-refractivity contribution in [2.75, 3.05) is 17.2 Å². The summed E-state index contributed by atoms with van der Waals surface area (Å²) in [6.45, 7) is 0.995. The summed E-state index contributed by atoms with van der Waals surface area (Å²) in [6.07, 6.45) is 7.65. The number of halogens is 2. The second-order valence-electron chi connectivity index (χ2n) is 9.33. The Bertz CT molecular complexity index is 1240. The Morgan fingerprint density at radius 2 is 1.66 bits per heavy atom. The summed E-state index contributed by atoms with van der Waals surface area (Å²) in [5.41, 5.74) is 2.58. The number of benzene rings is 2. The number of anilines is 2. The smallest absolute Gasteiger partial charge is 0.258 e. The van der Waals surface area contributed by atoms with Gasteiger partial charge >= 0.3 is 0 Å². The molecule has 3 N–H and O–H groups in total. The normalized spacial score (nSPS) is 16.3. The first-order valence-corrected chi connectivity index (χ1v) is 12.6. The summed E-state index contributed by atoms with van der Waals surface area (Å²) < 4.78 is 0. The van der Waals surface area contributed by atoms with Crippen molar-refractivity contribution in [2.24, 2.45) is 0 Å². The predicted molar refractivity (Wildman–Crippen MR) is 140 cm³/mol. The third-order valence-corrected chi connectivity index (χ3v) is 7.35. The number of rotatable bonds is 8. The van der Waals surface area contributed by atoms with Gasteiger partial charge in [0.15, 0.2) is 0 Å². The molecule has 0 spiro atoms. The fraction of sp³-hybridized carbons (Fsp3) is 0.296. The van der Waals surface area contributed by atoms with Gasteiger partial charge in [-0.25, -0.2) is 4.98 Å². The highest BCUT2D eigenvalue weighted by atomic mass is 35.5. The van der Waals surface area contributed by atoms with E-state index < -0.39 is 5.91 Å². The Labute approximate surface area is 214 Å². The van der Waals surface area contributed by atoms with E-state index in [1.54, 1.807) is 24.3 Å². The van der Waals surface area contributed by atoms with E-state index in [1.807, 2.05) is 24.3 Å². The van der Waals surface area contributed by atoms with Gasteiger partial charge in [0.05, 0.1) is 16.3 Å². The average molecular weight is 509 g/mol. The summed E-state index contributed by atoms with van der Waals surface area (Å²) in [5.74, 6) is -0.398. The number of pyridine rings is 1. The van der Waals surface area contributed by atoms with Gasteiger partial charge in [0.2, 0.25) is 0 Å². The number of hydrogen-bond donors (Lipinski definition) is 3. The quantitative estimate of drug-likeness (QED) is 0.345. The van der Waals surface area contributed by atoms with Crippen molar-refractivity contribution in [1.29, 1.82) is 0 Å². The zero-order valence-electron chi connectivity index (χ0n) is 19.1. The van der Waals surface area contributed by atoms with Gasteiger partial charge in [-0.15, -0.1) is 0 Å². The van der Waals surface area contributed by atoms with E-state index in [-0.39, 0.29) is 16.9 Å². The fourth-order valence-electron chi connectivity index (χ4n) is 4.29. The van der Waals surface area contributed by atoms with Crippen molar-refractivity contribution < 1.29 is 9.59 Å². The first-order chi connectivity index (χ1) is 16.9. The van der Waals surface area contributed by atoms with Crippen LogP contribution in [0, 0.1) is 0 Å². The van der Waals surface area contributed by atoms with Crippen LogP contribution in [0.1, 0.15) is 58.4 Å². The van der Waals surface area contributed by atoms with Gasteiger partial charge in [0.25, 0.3) is 11.8 Å². The van der Waals surface area contributed by atoms with Crippen LogP contribution in [0.15, 0.2) is 60.8 Å². The van der Waals surface area contributed by atoms with E-state index in [1.165, 1.54) is 49.9 Å². The minimum atomic E-state index is -0.442. The Morgan fingerprint density at radius 1 is 0.914 bits per heavy atom. The number of carbonyl (C=O) groups is 2. The van der Waals surface area contributed by atoms with Crippen LogP contribution in [-0.2, 0) is 5.41 Å². The van der Waals surface area contributed by atoms with E-state index in [0.29, 0.717) is 33.2 Å². The first-order valence-electron chi connectivity index (χ1n) is 11.8. The minimum absolute atomic E-state index is 0.196. The highest BCUT2D eigenvalue weighted by molar-refractivity contribution is 6.31. The second kappa shape index (κ2) is 9.97. The number of nitrogens with zero attached hydrogens (tertiary/aromatic N) is 1. The lowest BCUT2D eigenvalue weighted by Crippen LogP contribution is -2.39. The molecule has 2 saturated carbocycles. The number of amides is 2. The molecule has 180 valence electrons. The van der Waals surface area contributed by atoms with Crippen LogP contribution in [0.3, 0.4) is 0 Å². The topological polar surface area (TPSA) is 83.1 Å². The van der Waals surface area contributed by atoms with E-state index in [0.717, 1.165) is 6.54 Å². The summed E-state index contributed by atoms with van der Waals surface area (Å²) in [7, 11) is 0. The molecule has 0 saturated heterocycles. The molecule has 1 heterocycles. The monoisotopic (exact) mass is 508 g/mol. The number of hydrogen-bond acceptors (Lipinski definition) is 4. The standard InChI is InChI=1S/C27H26Cl2N4O2/c28-19-8-10-23(22(14-19)26(35)33-24-11-9-20(29)15-30-24)32-25(34)17-4-6-18(7-5-17)27(12-13-27)16-31-21-2-1-3-21/h4-11,14-15,21,31H,1-3,12-13,16H2,(H,32,34)(H,30,33,35). The van der Waals surface area contributed by atoms with Crippen molar-refractivity contribution in [3.8, 4) is 0 Å². The minimum Gasteiger partial charge on any atom is -0.321 e. The second-order valence-corrected chi connectivity index (χ2v) is 10.2. The molecule has 0 aliphatic heterocycles. The van der Waals surface area contributed by atoms with Crippen molar-refractivity contribution >= 4 is 46.5 Å². The van der Waals surface area contributed by atoms with Crippen molar-refractivity contribution in [2.45, 2.75) is 43.6 Å². The molecule has 6 nitrogen and oxygen atoms in total. The van der Waals surface area contributed by atoms with E-state index in [2.05, 4.69) is 20.9 Å². The van der Waals surface area contributed by atoms with Crippen molar-refractivity contribution in [3.63, 3.8) is 0 Å². The number of nitrogens with one attached hydrogen (secondary N) is 3. The molecule has 0 unspecified atom stereocenters. The molecule has 0 bridgehead atoms. The van der Waals surface area contributed by atoms with Gasteiger partial charge in [0.1, 0.15) is 5.82 Å². The molecule has 0 atom stereocenters. The molecule has 5 rings (SSSR count). The third-order valence-electron chi connectivity index (χ3n) is 6.89. The van der Waals surface area contributed by atoms with Crippen LogP contribution in [0.2, 0.25) is 10.0 Å². The maximum atomic E-state index is 13.0. The van der Waals surface area contributed by atoms with Gasteiger partial charge in [0, 0.05) is 34.8 Å². The van der Waals surface area contributed by atoms with Crippen LogP contribution in [0.4, 0.5) is 11.5 Å². The lowest BCUT2D eigenvalue weighted by Gasteiger charge is -2.29. The van der Waals surface area contributed by atoms with Crippen LogP contribution in [-0.4, -0.2) is 29.4 Å². The maximum Gasteiger partial charge on any atom is 0.258 e. The Hall–Kier alpha value is -2.93. The predicted octanol–water partition coefficient (Wildman–Crippen LogP) is 6.07. The van der Waals surface area contributed by atoms with E-state index in [4.69, 9.17) is 23.2 Å². The summed E-state index contributed by atoms with van der Waals surface area (Å²) in [6, 6.07) is 16.4. The molecule has 2 amide bonds. The van der Waals surface area contributed by atoms with Gasteiger partial charge in [-0.05, 0) is 73.7 Å². The van der Waals surface area contributed by atoms with Gasteiger partial charge in [-0.3, -0.25) is 9.59 Å². The fourth-order valence-corrected chi connectivity index (χ4v) is 4.57. The molecule has 2 aliphatic carbocycles. The molecule has 1 aromatic heterocycles. The lowest BCUT2D eigenvalue weighted by molar-refractivity contribution is 0.102. The van der Waals surface area contributed by atoms with Crippen molar-refractivity contribution in [3.05, 3.63) is 87.5 Å². The van der Waals surface area contributed by atoms with Crippen LogP contribution < -0.4 is 16.0 Å². The van der Waals surface area contributed by atoms with Gasteiger partial charge < -0.3 is 16.0 Å². The van der Waals surface area contributed by atoms with E-state index >= 15 is 0 Å². The third kappa shape index (κ3) is 5.50. The molecule has 2 fully saturated rings. The number of aromatic nitrogens is 1. The highest BCUT2D eigenvalue weighted by Crippen LogP contribution is 2.48. The highest BCUT2D eigenvalue weighted by Gasteiger charge is 2.44. The van der Waals surface area contributed by atoms with Gasteiger partial charge in [-0.1, -0.05) is 41.8 Å². The zero-order chi connectivity index (χ0) is 24.4. The average Bonchev–Trinajstić information content (AvgIpc) is 3.62. The molecule has 2 aliphatic rings. The molecule has 3 aromatic rings. The summed E-state index contributed by atoms with van der Waals surface area (Å²) >= 11 is 12.0. The maximum absolute atomic E-state index is 13.0. The Balaban J connectivity index is 1.27. The first kappa shape index (κ1) is 23.8. The summed E-state index contributed by atoms with van der Waals surface area (Å²) in [4.78, 5) is 30.0. The van der Waals surface area contributed by atoms with Crippen LogP contribution in [0.5, 0.6) is 0 Å². The molecule has 8 heteroatoms. The molecule has 35 heavy (non-hydrogen) atoms. The molecular formula is C27H26Cl2N4O2.